The van der Waals surface area contributed by atoms with Gasteiger partial charge in [-0.25, -0.2) is 0 Å². The third-order valence-corrected chi connectivity index (χ3v) is 5.56. The van der Waals surface area contributed by atoms with E-state index in [9.17, 15) is 10.1 Å². The molecule has 0 unspecified atom stereocenters. The fourth-order valence-corrected chi connectivity index (χ4v) is 3.71. The van der Waals surface area contributed by atoms with Crippen LogP contribution in [0.1, 0.15) is 19.4 Å². The number of carbonyl (C=O) groups excluding carboxylic acids is 1. The van der Waals surface area contributed by atoms with Gasteiger partial charge in [0, 0.05) is 17.3 Å². The molecule has 1 aromatic carbocycles. The molecule has 2 rings (SSSR count). The van der Waals surface area contributed by atoms with Gasteiger partial charge in [-0.2, -0.15) is 14.6 Å². The molecule has 10 heteroatoms. The second-order valence-corrected chi connectivity index (χ2v) is 7.91. The van der Waals surface area contributed by atoms with Crippen molar-refractivity contribution in [2.75, 3.05) is 32.4 Å². The summed E-state index contributed by atoms with van der Waals surface area (Å²) in [5.41, 5.74) is 0.461. The van der Waals surface area contributed by atoms with Gasteiger partial charge >= 0.3 is 0 Å². The lowest BCUT2D eigenvalue weighted by Gasteiger charge is -2.13. The summed E-state index contributed by atoms with van der Waals surface area (Å²) in [5.74, 6) is 2.09. The Hall–Kier alpha value is -2.77. The molecule has 0 atom stereocenters. The summed E-state index contributed by atoms with van der Waals surface area (Å²) in [6.45, 7) is 4.21. The van der Waals surface area contributed by atoms with E-state index in [0.717, 1.165) is 17.3 Å². The molecule has 1 N–H and O–H groups in total. The highest BCUT2D eigenvalue weighted by Gasteiger charge is 2.16. The zero-order chi connectivity index (χ0) is 21.4. The number of carbonyl (C=O) groups is 1. The maximum atomic E-state index is 12.5. The molecule has 29 heavy (non-hydrogen) atoms. The van der Waals surface area contributed by atoms with Gasteiger partial charge in [-0.1, -0.05) is 25.6 Å². The molecule has 0 spiro atoms. The van der Waals surface area contributed by atoms with Crippen molar-refractivity contribution >= 4 is 40.4 Å². The third-order valence-electron chi connectivity index (χ3n) is 3.54. The fourth-order valence-electron chi connectivity index (χ4n) is 2.22. The molecular weight excluding hydrogens is 412 g/mol. The number of thioether (sulfide) groups is 1. The van der Waals surface area contributed by atoms with Crippen LogP contribution < -0.4 is 19.5 Å². The number of ether oxygens (including phenoxy) is 3. The Morgan fingerprint density at radius 3 is 2.45 bits per heavy atom. The van der Waals surface area contributed by atoms with Crippen LogP contribution >= 0.6 is 23.3 Å². The zero-order valence-corrected chi connectivity index (χ0v) is 18.4. The maximum Gasteiger partial charge on any atom is 0.268 e. The summed E-state index contributed by atoms with van der Waals surface area (Å²) in [7, 11) is 4.49. The lowest BCUT2D eigenvalue weighted by Crippen LogP contribution is -2.13. The first-order valence-corrected chi connectivity index (χ1v) is 10.4. The van der Waals surface area contributed by atoms with E-state index in [-0.39, 0.29) is 5.57 Å². The second kappa shape index (κ2) is 10.7. The smallest absolute Gasteiger partial charge is 0.268 e. The van der Waals surface area contributed by atoms with Crippen molar-refractivity contribution in [2.24, 2.45) is 5.92 Å². The first-order valence-electron chi connectivity index (χ1n) is 8.61. The lowest BCUT2D eigenvalue weighted by molar-refractivity contribution is -0.112. The van der Waals surface area contributed by atoms with Crippen molar-refractivity contribution in [1.29, 1.82) is 5.26 Å². The van der Waals surface area contributed by atoms with Gasteiger partial charge in [-0.15, -0.1) is 0 Å². The number of methoxy groups -OCH3 is 3. The molecular formula is C19H22N4O4S2. The van der Waals surface area contributed by atoms with Gasteiger partial charge < -0.3 is 14.2 Å². The quantitative estimate of drug-likeness (QED) is 0.360. The van der Waals surface area contributed by atoms with Crippen LogP contribution in [0.15, 0.2) is 22.9 Å². The Labute approximate surface area is 178 Å². The van der Waals surface area contributed by atoms with Crippen LogP contribution in [-0.4, -0.2) is 42.3 Å². The van der Waals surface area contributed by atoms with Gasteiger partial charge in [-0.05, 0) is 29.7 Å². The molecule has 1 aromatic heterocycles. The van der Waals surface area contributed by atoms with Crippen LogP contribution in [0.5, 0.6) is 17.2 Å². The molecule has 0 aliphatic carbocycles. The minimum atomic E-state index is -0.571. The van der Waals surface area contributed by atoms with E-state index >= 15 is 0 Å². The van der Waals surface area contributed by atoms with Gasteiger partial charge in [0.25, 0.3) is 5.91 Å². The van der Waals surface area contributed by atoms with Gasteiger partial charge in [-0.3, -0.25) is 10.1 Å². The molecule has 154 valence electrons. The van der Waals surface area contributed by atoms with E-state index in [2.05, 4.69) is 28.5 Å². The van der Waals surface area contributed by atoms with E-state index in [1.165, 1.54) is 39.2 Å². The number of amides is 1. The largest absolute Gasteiger partial charge is 0.493 e. The first-order chi connectivity index (χ1) is 13.9. The Kier molecular flexibility index (Phi) is 8.30. The lowest BCUT2D eigenvalue weighted by atomic mass is 10.1. The van der Waals surface area contributed by atoms with E-state index in [4.69, 9.17) is 14.2 Å². The molecule has 8 nitrogen and oxygen atoms in total. The zero-order valence-electron chi connectivity index (χ0n) is 16.8. The predicted octanol–water partition coefficient (Wildman–Crippen LogP) is 3.86. The number of nitrogens with zero attached hydrogens (tertiary/aromatic N) is 3. The van der Waals surface area contributed by atoms with E-state index in [1.807, 2.05) is 6.07 Å². The molecule has 1 amide bonds. The van der Waals surface area contributed by atoms with Crippen LogP contribution in [0.4, 0.5) is 5.13 Å². The Morgan fingerprint density at radius 1 is 1.28 bits per heavy atom. The monoisotopic (exact) mass is 434 g/mol. The summed E-state index contributed by atoms with van der Waals surface area (Å²) in [4.78, 5) is 16.8. The number of anilines is 1. The summed E-state index contributed by atoms with van der Waals surface area (Å²) in [6, 6.07) is 5.21. The van der Waals surface area contributed by atoms with E-state index in [0.29, 0.717) is 39.0 Å². The van der Waals surface area contributed by atoms with Gasteiger partial charge in [0.1, 0.15) is 11.6 Å². The molecule has 0 fully saturated rings. The minimum absolute atomic E-state index is 0.0918. The van der Waals surface area contributed by atoms with Crippen LogP contribution in [0.25, 0.3) is 6.08 Å². The highest BCUT2D eigenvalue weighted by molar-refractivity contribution is 7.99. The van der Waals surface area contributed by atoms with Gasteiger partial charge in [0.2, 0.25) is 16.0 Å². The Morgan fingerprint density at radius 2 is 1.93 bits per heavy atom. The summed E-state index contributed by atoms with van der Waals surface area (Å²) >= 11 is 2.60. The third kappa shape index (κ3) is 6.10. The average Bonchev–Trinajstić information content (AvgIpc) is 3.16. The molecule has 0 radical (unpaired) electrons. The minimum Gasteiger partial charge on any atom is -0.493 e. The maximum absolute atomic E-state index is 12.5. The van der Waals surface area contributed by atoms with Crippen molar-refractivity contribution in [3.05, 3.63) is 23.3 Å². The van der Waals surface area contributed by atoms with Crippen molar-refractivity contribution in [3.8, 4) is 23.3 Å². The number of nitriles is 1. The summed E-state index contributed by atoms with van der Waals surface area (Å²) in [5, 5.41) is 13.0. The van der Waals surface area contributed by atoms with Gasteiger partial charge in [0.05, 0.1) is 21.3 Å². The van der Waals surface area contributed by atoms with Crippen molar-refractivity contribution < 1.29 is 19.0 Å². The SMILES string of the molecule is COc1cc(/C=C(/C#N)C(=O)Nc2nc(SCC(C)C)ns2)cc(OC)c1OC. The molecule has 0 aliphatic rings. The van der Waals surface area contributed by atoms with Crippen LogP contribution in [0.3, 0.4) is 0 Å². The van der Waals surface area contributed by atoms with Crippen molar-refractivity contribution in [3.63, 3.8) is 0 Å². The first kappa shape index (κ1) is 22.5. The second-order valence-electron chi connectivity index (χ2n) is 6.17. The van der Waals surface area contributed by atoms with Crippen molar-refractivity contribution in [2.45, 2.75) is 19.0 Å². The van der Waals surface area contributed by atoms with Crippen LogP contribution in [-0.2, 0) is 4.79 Å². The Bertz CT molecular complexity index is 910. The Balaban J connectivity index is 2.21. The highest BCUT2D eigenvalue weighted by Crippen LogP contribution is 2.38. The highest BCUT2D eigenvalue weighted by atomic mass is 32.2. The molecule has 1 heterocycles. The number of nitrogens with one attached hydrogen (secondary N) is 1. The number of aromatic nitrogens is 2. The average molecular weight is 435 g/mol. The summed E-state index contributed by atoms with van der Waals surface area (Å²) in [6.07, 6.45) is 1.44. The summed E-state index contributed by atoms with van der Waals surface area (Å²) < 4.78 is 20.1. The standard InChI is InChI=1S/C19H22N4O4S2/c1-11(2)10-28-19-22-18(29-23-19)21-17(24)13(9-20)6-12-7-14(25-3)16(27-5)15(8-12)26-4/h6-8,11H,10H2,1-5H3,(H,21,22,23,24)/b13-6-. The van der Waals surface area contributed by atoms with Gasteiger partial charge in [0.15, 0.2) is 11.5 Å². The molecule has 0 bridgehead atoms. The normalized spacial score (nSPS) is 11.1. The molecule has 0 saturated carbocycles. The predicted molar refractivity (Wildman–Crippen MR) is 114 cm³/mol. The number of rotatable bonds is 9. The van der Waals surface area contributed by atoms with Crippen molar-refractivity contribution in [1.82, 2.24) is 9.36 Å². The van der Waals surface area contributed by atoms with E-state index in [1.54, 1.807) is 12.1 Å². The number of hydrogen-bond donors (Lipinski definition) is 1. The molecule has 0 saturated heterocycles. The van der Waals surface area contributed by atoms with E-state index < -0.39 is 5.91 Å². The number of hydrogen-bond acceptors (Lipinski definition) is 9. The topological polar surface area (TPSA) is 106 Å². The molecule has 2 aromatic rings. The van der Waals surface area contributed by atoms with Crippen LogP contribution in [0.2, 0.25) is 0 Å². The van der Waals surface area contributed by atoms with Crippen LogP contribution in [0, 0.1) is 17.2 Å². The molecule has 0 aliphatic heterocycles. The number of benzene rings is 1. The fraction of sp³-hybridized carbons (Fsp3) is 0.368.